The van der Waals surface area contributed by atoms with Gasteiger partial charge >= 0.3 is 5.97 Å². The summed E-state index contributed by atoms with van der Waals surface area (Å²) < 4.78 is 18.2. The van der Waals surface area contributed by atoms with E-state index in [4.69, 9.17) is 5.11 Å². The number of aromatic hydroxyl groups is 1. The van der Waals surface area contributed by atoms with E-state index in [-0.39, 0.29) is 17.1 Å². The maximum atomic E-state index is 13.6. The molecule has 0 spiro atoms. The van der Waals surface area contributed by atoms with Crippen LogP contribution in [0, 0.1) is 5.82 Å². The Morgan fingerprint density at radius 3 is 2.60 bits per heavy atom. The SMILES string of the molecule is COc1c(O)ccc(C(C)C(=O)O)c1F. The molecule has 0 bridgehead atoms. The quantitative estimate of drug-likeness (QED) is 0.804. The highest BCUT2D eigenvalue weighted by atomic mass is 19.1. The van der Waals surface area contributed by atoms with Gasteiger partial charge in [-0.1, -0.05) is 6.07 Å². The van der Waals surface area contributed by atoms with Gasteiger partial charge in [0.15, 0.2) is 17.3 Å². The predicted octanol–water partition coefficient (Wildman–Crippen LogP) is 1.73. The van der Waals surface area contributed by atoms with Gasteiger partial charge < -0.3 is 14.9 Å². The van der Waals surface area contributed by atoms with Crippen LogP contribution in [0.5, 0.6) is 11.5 Å². The molecule has 0 aromatic heterocycles. The van der Waals surface area contributed by atoms with Crippen LogP contribution in [0.3, 0.4) is 0 Å². The molecule has 0 heterocycles. The first kappa shape index (κ1) is 11.3. The van der Waals surface area contributed by atoms with Gasteiger partial charge in [0, 0.05) is 5.56 Å². The lowest BCUT2D eigenvalue weighted by molar-refractivity contribution is -0.138. The Balaban J connectivity index is 3.27. The molecule has 0 saturated heterocycles. The second kappa shape index (κ2) is 4.16. The number of methoxy groups -OCH3 is 1. The Kier molecular flexibility index (Phi) is 3.14. The summed E-state index contributed by atoms with van der Waals surface area (Å²) in [5.74, 6) is -3.65. The van der Waals surface area contributed by atoms with E-state index in [1.807, 2.05) is 0 Å². The number of hydrogen-bond donors (Lipinski definition) is 2. The van der Waals surface area contributed by atoms with Crippen LogP contribution >= 0.6 is 0 Å². The molecule has 82 valence electrons. The summed E-state index contributed by atoms with van der Waals surface area (Å²) >= 11 is 0. The van der Waals surface area contributed by atoms with Crippen molar-refractivity contribution in [2.75, 3.05) is 7.11 Å². The van der Waals surface area contributed by atoms with Crippen molar-refractivity contribution in [2.24, 2.45) is 0 Å². The number of benzene rings is 1. The van der Waals surface area contributed by atoms with E-state index in [2.05, 4.69) is 4.74 Å². The summed E-state index contributed by atoms with van der Waals surface area (Å²) in [5, 5.41) is 17.9. The van der Waals surface area contributed by atoms with Crippen molar-refractivity contribution in [3.05, 3.63) is 23.5 Å². The average Bonchev–Trinajstić information content (AvgIpc) is 2.17. The highest BCUT2D eigenvalue weighted by Gasteiger charge is 2.22. The first-order chi connectivity index (χ1) is 6.99. The molecule has 2 N–H and O–H groups in total. The fourth-order valence-corrected chi connectivity index (χ4v) is 1.22. The second-order valence-electron chi connectivity index (χ2n) is 3.08. The Bertz CT molecular complexity index is 389. The highest BCUT2D eigenvalue weighted by molar-refractivity contribution is 5.76. The zero-order valence-corrected chi connectivity index (χ0v) is 8.32. The average molecular weight is 214 g/mol. The molecule has 1 atom stereocenters. The third-order valence-corrected chi connectivity index (χ3v) is 2.15. The third-order valence-electron chi connectivity index (χ3n) is 2.15. The van der Waals surface area contributed by atoms with Crippen LogP contribution in [-0.4, -0.2) is 23.3 Å². The Morgan fingerprint density at radius 2 is 2.13 bits per heavy atom. The first-order valence-corrected chi connectivity index (χ1v) is 4.27. The van der Waals surface area contributed by atoms with Crippen molar-refractivity contribution in [3.8, 4) is 11.5 Å². The lowest BCUT2D eigenvalue weighted by Crippen LogP contribution is -2.10. The van der Waals surface area contributed by atoms with Gasteiger partial charge in [-0.05, 0) is 13.0 Å². The fourth-order valence-electron chi connectivity index (χ4n) is 1.22. The third kappa shape index (κ3) is 2.01. The lowest BCUT2D eigenvalue weighted by Gasteiger charge is -2.11. The normalized spacial score (nSPS) is 12.2. The molecule has 0 radical (unpaired) electrons. The van der Waals surface area contributed by atoms with E-state index in [0.717, 1.165) is 0 Å². The Labute approximate surface area is 85.9 Å². The van der Waals surface area contributed by atoms with Crippen LogP contribution in [0.2, 0.25) is 0 Å². The number of aliphatic carboxylic acids is 1. The molecular weight excluding hydrogens is 203 g/mol. The van der Waals surface area contributed by atoms with Crippen LogP contribution in [0.25, 0.3) is 0 Å². The maximum absolute atomic E-state index is 13.6. The summed E-state index contributed by atoms with van der Waals surface area (Å²) in [7, 11) is 1.20. The number of carboxylic acids is 1. The van der Waals surface area contributed by atoms with Gasteiger partial charge in [0.05, 0.1) is 13.0 Å². The molecule has 5 heteroatoms. The van der Waals surface area contributed by atoms with Crippen molar-refractivity contribution >= 4 is 5.97 Å². The summed E-state index contributed by atoms with van der Waals surface area (Å²) in [4.78, 5) is 10.7. The summed E-state index contributed by atoms with van der Waals surface area (Å²) in [5.41, 5.74) is -0.0165. The van der Waals surface area contributed by atoms with Gasteiger partial charge in [0.25, 0.3) is 0 Å². The van der Waals surface area contributed by atoms with Crippen LogP contribution in [0.1, 0.15) is 18.4 Å². The fraction of sp³-hybridized carbons (Fsp3) is 0.300. The minimum Gasteiger partial charge on any atom is -0.504 e. The highest BCUT2D eigenvalue weighted by Crippen LogP contribution is 2.33. The molecule has 1 aromatic rings. The predicted molar refractivity (Wildman–Crippen MR) is 50.7 cm³/mol. The second-order valence-corrected chi connectivity index (χ2v) is 3.08. The molecule has 0 fully saturated rings. The lowest BCUT2D eigenvalue weighted by atomic mass is 10.0. The largest absolute Gasteiger partial charge is 0.504 e. The summed E-state index contributed by atoms with van der Waals surface area (Å²) in [6, 6.07) is 2.43. The van der Waals surface area contributed by atoms with Crippen molar-refractivity contribution < 1.29 is 24.1 Å². The van der Waals surface area contributed by atoms with Crippen molar-refractivity contribution in [1.82, 2.24) is 0 Å². The van der Waals surface area contributed by atoms with Crippen LogP contribution < -0.4 is 4.74 Å². The number of phenols is 1. The van der Waals surface area contributed by atoms with E-state index < -0.39 is 17.7 Å². The Morgan fingerprint density at radius 1 is 1.53 bits per heavy atom. The van der Waals surface area contributed by atoms with E-state index in [0.29, 0.717) is 0 Å². The number of halogens is 1. The first-order valence-electron chi connectivity index (χ1n) is 4.27. The number of rotatable bonds is 3. The van der Waals surface area contributed by atoms with Gasteiger partial charge in [-0.15, -0.1) is 0 Å². The molecule has 1 unspecified atom stereocenters. The monoisotopic (exact) mass is 214 g/mol. The minimum atomic E-state index is -1.14. The van der Waals surface area contributed by atoms with E-state index in [9.17, 15) is 14.3 Å². The van der Waals surface area contributed by atoms with Crippen molar-refractivity contribution in [2.45, 2.75) is 12.8 Å². The number of hydrogen-bond acceptors (Lipinski definition) is 3. The zero-order valence-electron chi connectivity index (χ0n) is 8.32. The number of carboxylic acid groups (broad SMARTS) is 1. The van der Waals surface area contributed by atoms with E-state index in [1.165, 1.54) is 26.2 Å². The minimum absolute atomic E-state index is 0.0165. The standard InChI is InChI=1S/C10H11FO4/c1-5(10(13)14)6-3-4-7(12)9(15-2)8(6)11/h3-5,12H,1-2H3,(H,13,14). The molecular formula is C10H11FO4. The molecule has 0 aliphatic rings. The molecule has 1 rings (SSSR count). The van der Waals surface area contributed by atoms with E-state index in [1.54, 1.807) is 0 Å². The number of ether oxygens (including phenoxy) is 1. The Hall–Kier alpha value is -1.78. The van der Waals surface area contributed by atoms with Gasteiger partial charge in [-0.25, -0.2) is 4.39 Å². The van der Waals surface area contributed by atoms with Crippen LogP contribution in [0.4, 0.5) is 4.39 Å². The molecule has 15 heavy (non-hydrogen) atoms. The zero-order chi connectivity index (χ0) is 11.6. The van der Waals surface area contributed by atoms with Crippen molar-refractivity contribution in [3.63, 3.8) is 0 Å². The smallest absolute Gasteiger partial charge is 0.310 e. The molecule has 0 amide bonds. The van der Waals surface area contributed by atoms with Crippen molar-refractivity contribution in [1.29, 1.82) is 0 Å². The number of phenolic OH excluding ortho intramolecular Hbond substituents is 1. The van der Waals surface area contributed by atoms with Gasteiger partial charge in [0.1, 0.15) is 0 Å². The van der Waals surface area contributed by atoms with E-state index >= 15 is 0 Å². The number of carbonyl (C=O) groups is 1. The van der Waals surface area contributed by atoms with Gasteiger partial charge in [-0.2, -0.15) is 0 Å². The van der Waals surface area contributed by atoms with Gasteiger partial charge in [-0.3, -0.25) is 4.79 Å². The van der Waals surface area contributed by atoms with Crippen LogP contribution in [0.15, 0.2) is 12.1 Å². The molecule has 4 nitrogen and oxygen atoms in total. The van der Waals surface area contributed by atoms with Gasteiger partial charge in [0.2, 0.25) is 0 Å². The molecule has 0 aliphatic heterocycles. The van der Waals surface area contributed by atoms with Crippen LogP contribution in [-0.2, 0) is 4.79 Å². The summed E-state index contributed by atoms with van der Waals surface area (Å²) in [6.45, 7) is 1.36. The topological polar surface area (TPSA) is 66.8 Å². The molecule has 1 aromatic carbocycles. The summed E-state index contributed by atoms with van der Waals surface area (Å²) in [6.07, 6.45) is 0. The maximum Gasteiger partial charge on any atom is 0.310 e. The molecule has 0 saturated carbocycles. The molecule has 0 aliphatic carbocycles.